The Balaban J connectivity index is 1.67. The van der Waals surface area contributed by atoms with Crippen LogP contribution in [-0.4, -0.2) is 58.6 Å². The molecule has 0 saturated carbocycles. The molecule has 0 unspecified atom stereocenters. The van der Waals surface area contributed by atoms with Gasteiger partial charge < -0.3 is 33.9 Å². The maximum absolute atomic E-state index is 11.8. The molecule has 0 aliphatic carbocycles. The molecule has 7 nitrogen and oxygen atoms in total. The minimum absolute atomic E-state index is 0.106. The summed E-state index contributed by atoms with van der Waals surface area (Å²) in [6.07, 6.45) is -2.25. The standard InChI is InChI=1S/C20H28O7/c1-18(2)23-11-14(25-18)15-20(22,9-12-7-5-6-8-13(12)10-21)16-17(24-15)27-19(3,4)26-16/h5-8,14-17,21-22H,9-11H2,1-4H3/t14-,15-,16+,17-,20-/m1/s1. The van der Waals surface area contributed by atoms with E-state index in [2.05, 4.69) is 0 Å². The maximum atomic E-state index is 11.8. The van der Waals surface area contributed by atoms with Crippen molar-refractivity contribution in [3.8, 4) is 0 Å². The molecule has 3 aliphatic rings. The summed E-state index contributed by atoms with van der Waals surface area (Å²) in [7, 11) is 0. The molecule has 150 valence electrons. The van der Waals surface area contributed by atoms with Gasteiger partial charge in [0.15, 0.2) is 17.9 Å². The van der Waals surface area contributed by atoms with Gasteiger partial charge in [0.05, 0.1) is 13.2 Å². The van der Waals surface area contributed by atoms with E-state index in [9.17, 15) is 10.2 Å². The molecule has 0 spiro atoms. The second-order valence-electron chi connectivity index (χ2n) is 8.44. The van der Waals surface area contributed by atoms with Gasteiger partial charge in [-0.3, -0.25) is 0 Å². The first-order chi connectivity index (χ1) is 12.6. The van der Waals surface area contributed by atoms with Gasteiger partial charge in [0.1, 0.15) is 23.9 Å². The fourth-order valence-electron chi connectivity index (χ4n) is 4.26. The van der Waals surface area contributed by atoms with Gasteiger partial charge in [-0.1, -0.05) is 24.3 Å². The van der Waals surface area contributed by atoms with Crippen LogP contribution in [0.5, 0.6) is 0 Å². The van der Waals surface area contributed by atoms with Crippen molar-refractivity contribution in [1.82, 2.24) is 0 Å². The zero-order valence-electron chi connectivity index (χ0n) is 16.2. The predicted octanol–water partition coefficient (Wildman–Crippen LogP) is 1.48. The molecule has 1 aromatic rings. The van der Waals surface area contributed by atoms with Crippen LogP contribution in [0.2, 0.25) is 0 Å². The van der Waals surface area contributed by atoms with Gasteiger partial charge in [-0.05, 0) is 38.8 Å². The molecule has 0 radical (unpaired) electrons. The Hall–Kier alpha value is -1.06. The SMILES string of the molecule is CC1(C)OC[C@H]([C@H]2O[C@@H]3OC(C)(C)O[C@@H]3[C@@]2(O)Cc2ccccc2CO)O1. The number of rotatable bonds is 4. The van der Waals surface area contributed by atoms with E-state index >= 15 is 0 Å². The zero-order valence-corrected chi connectivity index (χ0v) is 16.2. The summed E-state index contributed by atoms with van der Waals surface area (Å²) in [4.78, 5) is 0. The Bertz CT molecular complexity index is 703. The number of aliphatic hydroxyl groups excluding tert-OH is 1. The molecule has 0 amide bonds. The molecule has 27 heavy (non-hydrogen) atoms. The highest BCUT2D eigenvalue weighted by Gasteiger charge is 2.65. The lowest BCUT2D eigenvalue weighted by Gasteiger charge is -2.36. The van der Waals surface area contributed by atoms with Crippen molar-refractivity contribution in [2.45, 2.75) is 82.5 Å². The molecule has 0 bridgehead atoms. The number of hydrogen-bond acceptors (Lipinski definition) is 7. The Morgan fingerprint density at radius 3 is 2.30 bits per heavy atom. The second kappa shape index (κ2) is 6.49. The van der Waals surface area contributed by atoms with Crippen LogP contribution in [0.3, 0.4) is 0 Å². The van der Waals surface area contributed by atoms with E-state index < -0.39 is 41.8 Å². The lowest BCUT2D eigenvalue weighted by atomic mass is 9.82. The van der Waals surface area contributed by atoms with Crippen LogP contribution < -0.4 is 0 Å². The van der Waals surface area contributed by atoms with Crippen molar-refractivity contribution in [1.29, 1.82) is 0 Å². The van der Waals surface area contributed by atoms with E-state index in [-0.39, 0.29) is 13.0 Å². The third-order valence-corrected chi connectivity index (χ3v) is 5.45. The predicted molar refractivity (Wildman–Crippen MR) is 94.6 cm³/mol. The highest BCUT2D eigenvalue weighted by molar-refractivity contribution is 5.30. The van der Waals surface area contributed by atoms with E-state index in [1.165, 1.54) is 0 Å². The van der Waals surface area contributed by atoms with Crippen molar-refractivity contribution in [2.24, 2.45) is 0 Å². The van der Waals surface area contributed by atoms with Crippen molar-refractivity contribution < 1.29 is 33.9 Å². The summed E-state index contributed by atoms with van der Waals surface area (Å²) in [6, 6.07) is 7.48. The number of ether oxygens (including phenoxy) is 5. The van der Waals surface area contributed by atoms with Crippen LogP contribution in [0.1, 0.15) is 38.8 Å². The smallest absolute Gasteiger partial charge is 0.190 e. The Labute approximate surface area is 159 Å². The average molecular weight is 380 g/mol. The molecule has 3 fully saturated rings. The van der Waals surface area contributed by atoms with E-state index in [1.807, 2.05) is 38.1 Å². The first-order valence-electron chi connectivity index (χ1n) is 9.36. The van der Waals surface area contributed by atoms with Crippen molar-refractivity contribution >= 4 is 0 Å². The number of benzene rings is 1. The molecule has 3 saturated heterocycles. The summed E-state index contributed by atoms with van der Waals surface area (Å²) in [5.41, 5.74) is 0.205. The molecule has 3 aliphatic heterocycles. The fourth-order valence-corrected chi connectivity index (χ4v) is 4.26. The van der Waals surface area contributed by atoms with E-state index in [0.717, 1.165) is 11.1 Å². The van der Waals surface area contributed by atoms with Crippen molar-refractivity contribution in [3.05, 3.63) is 35.4 Å². The average Bonchev–Trinajstić information content (AvgIpc) is 3.18. The van der Waals surface area contributed by atoms with Crippen molar-refractivity contribution in [3.63, 3.8) is 0 Å². The molecule has 5 atom stereocenters. The van der Waals surface area contributed by atoms with Gasteiger partial charge in [0.2, 0.25) is 0 Å². The summed E-state index contributed by atoms with van der Waals surface area (Å²) >= 11 is 0. The Morgan fingerprint density at radius 2 is 1.67 bits per heavy atom. The third-order valence-electron chi connectivity index (χ3n) is 5.45. The van der Waals surface area contributed by atoms with Gasteiger partial charge in [0, 0.05) is 6.42 Å². The van der Waals surface area contributed by atoms with Crippen LogP contribution in [0, 0.1) is 0 Å². The summed E-state index contributed by atoms with van der Waals surface area (Å²) in [6.45, 7) is 7.46. The summed E-state index contributed by atoms with van der Waals surface area (Å²) in [5, 5.41) is 21.5. The molecular weight excluding hydrogens is 352 g/mol. The van der Waals surface area contributed by atoms with Gasteiger partial charge >= 0.3 is 0 Å². The molecule has 0 aromatic heterocycles. The van der Waals surface area contributed by atoms with Gasteiger partial charge in [0.25, 0.3) is 0 Å². The topological polar surface area (TPSA) is 86.6 Å². The van der Waals surface area contributed by atoms with E-state index in [4.69, 9.17) is 23.7 Å². The molecule has 3 heterocycles. The normalized spacial score (nSPS) is 39.6. The van der Waals surface area contributed by atoms with Gasteiger partial charge in [-0.2, -0.15) is 0 Å². The lowest BCUT2D eigenvalue weighted by molar-refractivity contribution is -0.248. The minimum Gasteiger partial charge on any atom is -0.392 e. The first kappa shape index (κ1) is 19.3. The number of fused-ring (bicyclic) bond motifs is 1. The number of aliphatic hydroxyl groups is 2. The zero-order chi connectivity index (χ0) is 19.4. The van der Waals surface area contributed by atoms with Crippen LogP contribution >= 0.6 is 0 Å². The Morgan fingerprint density at radius 1 is 0.963 bits per heavy atom. The van der Waals surface area contributed by atoms with Gasteiger partial charge in [-0.15, -0.1) is 0 Å². The fraction of sp³-hybridized carbons (Fsp3) is 0.700. The highest BCUT2D eigenvalue weighted by Crippen LogP contribution is 2.47. The minimum atomic E-state index is -1.39. The molecule has 1 aromatic carbocycles. The summed E-state index contributed by atoms with van der Waals surface area (Å²) in [5.74, 6) is -1.59. The highest BCUT2D eigenvalue weighted by atomic mass is 16.8. The Kier molecular flexibility index (Phi) is 4.63. The largest absolute Gasteiger partial charge is 0.392 e. The quantitative estimate of drug-likeness (QED) is 0.818. The monoisotopic (exact) mass is 380 g/mol. The maximum Gasteiger partial charge on any atom is 0.190 e. The number of hydrogen-bond donors (Lipinski definition) is 2. The molecular formula is C20H28O7. The van der Waals surface area contributed by atoms with Crippen LogP contribution in [0.15, 0.2) is 24.3 Å². The lowest BCUT2D eigenvalue weighted by Crippen LogP contribution is -2.55. The molecule has 2 N–H and O–H groups in total. The van der Waals surface area contributed by atoms with Crippen LogP contribution in [0.4, 0.5) is 0 Å². The second-order valence-corrected chi connectivity index (χ2v) is 8.44. The first-order valence-corrected chi connectivity index (χ1v) is 9.36. The van der Waals surface area contributed by atoms with Gasteiger partial charge in [-0.25, -0.2) is 0 Å². The third kappa shape index (κ3) is 3.42. The molecule has 7 heteroatoms. The van der Waals surface area contributed by atoms with Crippen LogP contribution in [-0.2, 0) is 36.7 Å². The van der Waals surface area contributed by atoms with Crippen LogP contribution in [0.25, 0.3) is 0 Å². The van der Waals surface area contributed by atoms with Crippen molar-refractivity contribution in [2.75, 3.05) is 6.61 Å². The molecule has 4 rings (SSSR count). The van der Waals surface area contributed by atoms with E-state index in [1.54, 1.807) is 13.8 Å². The van der Waals surface area contributed by atoms with E-state index in [0.29, 0.717) is 6.61 Å². The summed E-state index contributed by atoms with van der Waals surface area (Å²) < 4.78 is 29.6.